The Kier molecular flexibility index (Phi) is 3.94. The Morgan fingerprint density at radius 1 is 1.33 bits per heavy atom. The van der Waals surface area contributed by atoms with Crippen LogP contribution in [0.1, 0.15) is 35.8 Å². The quantitative estimate of drug-likeness (QED) is 0.844. The van der Waals surface area contributed by atoms with Crippen molar-refractivity contribution in [3.8, 4) is 0 Å². The molecule has 1 saturated heterocycles. The molecule has 1 unspecified atom stereocenters. The van der Waals surface area contributed by atoms with E-state index in [0.29, 0.717) is 17.1 Å². The molecule has 4 heteroatoms. The first-order chi connectivity index (χ1) is 8.83. The van der Waals surface area contributed by atoms with Crippen LogP contribution in [-0.4, -0.2) is 29.6 Å². The minimum Gasteiger partial charge on any atom is -0.342 e. The first-order valence-electron chi connectivity index (χ1n) is 6.75. The van der Waals surface area contributed by atoms with E-state index in [-0.39, 0.29) is 0 Å². The number of thiophene rings is 1. The highest BCUT2D eigenvalue weighted by Gasteiger charge is 2.28. The number of hydrogen-bond donors (Lipinski definition) is 0. The molecule has 1 aromatic heterocycles. The van der Waals surface area contributed by atoms with Gasteiger partial charge in [0.05, 0.1) is 0 Å². The number of carbonyl (C=O) groups excluding carboxylic acids is 1. The molecule has 1 atom stereocenters. The van der Waals surface area contributed by atoms with Crippen LogP contribution in [0.15, 0.2) is 17.5 Å². The van der Waals surface area contributed by atoms with Crippen LogP contribution in [0.5, 0.6) is 0 Å². The van der Waals surface area contributed by atoms with Crippen molar-refractivity contribution in [1.82, 2.24) is 4.90 Å². The minimum absolute atomic E-state index is 0.393. The number of rotatable bonds is 3. The van der Waals surface area contributed by atoms with Crippen LogP contribution in [0.25, 0.3) is 0 Å². The average molecular weight is 281 g/mol. The van der Waals surface area contributed by atoms with Gasteiger partial charge in [-0.05, 0) is 36.6 Å². The molecule has 18 heavy (non-hydrogen) atoms. The van der Waals surface area contributed by atoms with Crippen LogP contribution in [0.3, 0.4) is 0 Å². The molecule has 1 aliphatic carbocycles. The van der Waals surface area contributed by atoms with Gasteiger partial charge < -0.3 is 4.90 Å². The molecule has 1 aliphatic heterocycles. The zero-order valence-corrected chi connectivity index (χ0v) is 12.1. The average Bonchev–Trinajstić information content (AvgIpc) is 3.08. The largest absolute Gasteiger partial charge is 0.342 e. The molecule has 1 amide bonds. The maximum absolute atomic E-state index is 12.1. The van der Waals surface area contributed by atoms with E-state index in [2.05, 4.69) is 22.4 Å². The van der Waals surface area contributed by atoms with E-state index in [1.165, 1.54) is 17.7 Å². The van der Waals surface area contributed by atoms with Gasteiger partial charge >= 0.3 is 0 Å². The van der Waals surface area contributed by atoms with Crippen LogP contribution < -0.4 is 0 Å². The van der Waals surface area contributed by atoms with Gasteiger partial charge in [-0.25, -0.2) is 0 Å². The molecule has 2 fully saturated rings. The Balaban J connectivity index is 1.55. The van der Waals surface area contributed by atoms with Gasteiger partial charge in [-0.3, -0.25) is 4.79 Å². The number of carbonyl (C=O) groups is 1. The SMILES string of the molecule is O=C(CC1CC1)N1CCSC(c2cccs2)CC1. The van der Waals surface area contributed by atoms with E-state index in [1.54, 1.807) is 0 Å². The third-order valence-electron chi connectivity index (χ3n) is 3.71. The zero-order chi connectivity index (χ0) is 12.4. The first kappa shape index (κ1) is 12.5. The Hall–Kier alpha value is -0.480. The van der Waals surface area contributed by atoms with Crippen LogP contribution in [-0.2, 0) is 4.79 Å². The molecule has 2 nitrogen and oxygen atoms in total. The van der Waals surface area contributed by atoms with Crippen LogP contribution in [0.2, 0.25) is 0 Å². The molecular weight excluding hydrogens is 262 g/mol. The molecule has 2 aliphatic rings. The Morgan fingerprint density at radius 3 is 2.94 bits per heavy atom. The Labute approximate surface area is 117 Å². The number of amides is 1. The third-order valence-corrected chi connectivity index (χ3v) is 6.16. The Bertz CT molecular complexity index is 400. The molecule has 0 N–H and O–H groups in total. The number of hydrogen-bond acceptors (Lipinski definition) is 3. The van der Waals surface area contributed by atoms with Gasteiger partial charge in [0.15, 0.2) is 0 Å². The molecular formula is C14H19NOS2. The fourth-order valence-corrected chi connectivity index (χ4v) is 4.66. The zero-order valence-electron chi connectivity index (χ0n) is 10.5. The third kappa shape index (κ3) is 3.09. The van der Waals surface area contributed by atoms with Crippen molar-refractivity contribution in [3.05, 3.63) is 22.4 Å². The second-order valence-electron chi connectivity index (χ2n) is 5.19. The second kappa shape index (κ2) is 5.66. The normalized spacial score (nSPS) is 24.9. The molecule has 0 spiro atoms. The molecule has 1 aromatic rings. The van der Waals surface area contributed by atoms with E-state index < -0.39 is 0 Å². The van der Waals surface area contributed by atoms with Gasteiger partial charge in [-0.1, -0.05) is 6.07 Å². The summed E-state index contributed by atoms with van der Waals surface area (Å²) in [5.41, 5.74) is 0. The summed E-state index contributed by atoms with van der Waals surface area (Å²) < 4.78 is 0. The lowest BCUT2D eigenvalue weighted by Gasteiger charge is -2.20. The van der Waals surface area contributed by atoms with Crippen molar-refractivity contribution in [2.24, 2.45) is 5.92 Å². The van der Waals surface area contributed by atoms with Crippen molar-refractivity contribution in [3.63, 3.8) is 0 Å². The van der Waals surface area contributed by atoms with E-state index in [1.807, 2.05) is 23.1 Å². The second-order valence-corrected chi connectivity index (χ2v) is 7.48. The summed E-state index contributed by atoms with van der Waals surface area (Å²) in [4.78, 5) is 15.7. The van der Waals surface area contributed by atoms with Crippen LogP contribution >= 0.6 is 23.1 Å². The minimum atomic E-state index is 0.393. The van der Waals surface area contributed by atoms with Gasteiger partial charge in [0.1, 0.15) is 0 Å². The number of thioether (sulfide) groups is 1. The summed E-state index contributed by atoms with van der Waals surface area (Å²) in [6.45, 7) is 1.89. The number of nitrogens with zero attached hydrogens (tertiary/aromatic N) is 1. The summed E-state index contributed by atoms with van der Waals surface area (Å²) >= 11 is 3.86. The van der Waals surface area contributed by atoms with E-state index >= 15 is 0 Å². The van der Waals surface area contributed by atoms with Gasteiger partial charge in [0.2, 0.25) is 5.91 Å². The maximum atomic E-state index is 12.1. The summed E-state index contributed by atoms with van der Waals surface area (Å²) in [7, 11) is 0. The van der Waals surface area contributed by atoms with Crippen molar-refractivity contribution in [2.75, 3.05) is 18.8 Å². The topological polar surface area (TPSA) is 20.3 Å². The summed E-state index contributed by atoms with van der Waals surface area (Å²) in [6.07, 6.45) is 4.45. The molecule has 0 bridgehead atoms. The monoisotopic (exact) mass is 281 g/mol. The fourth-order valence-electron chi connectivity index (χ4n) is 2.42. The van der Waals surface area contributed by atoms with E-state index in [0.717, 1.165) is 31.7 Å². The lowest BCUT2D eigenvalue weighted by atomic mass is 10.2. The van der Waals surface area contributed by atoms with Crippen molar-refractivity contribution in [2.45, 2.75) is 30.9 Å². The van der Waals surface area contributed by atoms with Crippen molar-refractivity contribution >= 4 is 29.0 Å². The maximum Gasteiger partial charge on any atom is 0.222 e. The molecule has 2 heterocycles. The standard InChI is InChI=1S/C14H19NOS2/c16-14(10-11-3-4-11)15-6-5-13(18-9-7-15)12-2-1-8-17-12/h1-2,8,11,13H,3-7,9-10H2. The van der Waals surface area contributed by atoms with Crippen LogP contribution in [0.4, 0.5) is 0 Å². The van der Waals surface area contributed by atoms with Crippen molar-refractivity contribution < 1.29 is 4.79 Å². The summed E-state index contributed by atoms with van der Waals surface area (Å²) in [5, 5.41) is 2.75. The highest BCUT2D eigenvalue weighted by molar-refractivity contribution is 7.99. The van der Waals surface area contributed by atoms with E-state index in [9.17, 15) is 4.79 Å². The van der Waals surface area contributed by atoms with E-state index in [4.69, 9.17) is 0 Å². The molecule has 3 rings (SSSR count). The molecule has 0 aromatic carbocycles. The fraction of sp³-hybridized carbons (Fsp3) is 0.643. The Morgan fingerprint density at radius 2 is 2.22 bits per heavy atom. The smallest absolute Gasteiger partial charge is 0.222 e. The van der Waals surface area contributed by atoms with Gasteiger partial charge in [0, 0.05) is 35.4 Å². The van der Waals surface area contributed by atoms with Gasteiger partial charge in [0.25, 0.3) is 0 Å². The summed E-state index contributed by atoms with van der Waals surface area (Å²) in [6, 6.07) is 4.35. The van der Waals surface area contributed by atoms with Gasteiger partial charge in [-0.15, -0.1) is 11.3 Å². The first-order valence-corrected chi connectivity index (χ1v) is 8.68. The van der Waals surface area contributed by atoms with Crippen molar-refractivity contribution in [1.29, 1.82) is 0 Å². The highest BCUT2D eigenvalue weighted by atomic mass is 32.2. The summed E-state index contributed by atoms with van der Waals surface area (Å²) in [5.74, 6) is 2.19. The molecule has 0 radical (unpaired) electrons. The predicted octanol–water partition coefficient (Wildman–Crippen LogP) is 3.55. The van der Waals surface area contributed by atoms with Crippen LogP contribution in [0, 0.1) is 5.92 Å². The van der Waals surface area contributed by atoms with Gasteiger partial charge in [-0.2, -0.15) is 11.8 Å². The lowest BCUT2D eigenvalue weighted by molar-refractivity contribution is -0.131. The predicted molar refractivity (Wildman–Crippen MR) is 78.1 cm³/mol. The highest BCUT2D eigenvalue weighted by Crippen LogP contribution is 2.37. The molecule has 1 saturated carbocycles. The molecule has 98 valence electrons. The lowest BCUT2D eigenvalue weighted by Crippen LogP contribution is -2.33.